The van der Waals surface area contributed by atoms with Crippen molar-refractivity contribution in [3.05, 3.63) is 63.1 Å². The molecule has 3 N–H and O–H groups in total. The lowest BCUT2D eigenvalue weighted by atomic mass is 9.96. The molecule has 1 atom stereocenters. The number of halogens is 3. The van der Waals surface area contributed by atoms with E-state index in [1.165, 1.54) is 26.2 Å². The average Bonchev–Trinajstić information content (AvgIpc) is 2.48. The summed E-state index contributed by atoms with van der Waals surface area (Å²) in [4.78, 5) is 0. The van der Waals surface area contributed by atoms with Crippen LogP contribution in [0.1, 0.15) is 22.7 Å². The van der Waals surface area contributed by atoms with E-state index >= 15 is 0 Å². The summed E-state index contributed by atoms with van der Waals surface area (Å²) in [5.41, 5.74) is 3.50. The summed E-state index contributed by atoms with van der Waals surface area (Å²) in [5, 5.41) is 0. The van der Waals surface area contributed by atoms with Crippen molar-refractivity contribution in [1.82, 2.24) is 5.43 Å². The molecule has 2 aromatic carbocycles. The zero-order chi connectivity index (χ0) is 15.6. The van der Waals surface area contributed by atoms with Gasteiger partial charge in [0, 0.05) is 15.6 Å². The molecule has 21 heavy (non-hydrogen) atoms. The second-order valence-corrected chi connectivity index (χ2v) is 5.50. The Balaban J connectivity index is 2.57. The van der Waals surface area contributed by atoms with Crippen LogP contribution in [0.15, 0.2) is 34.8 Å². The summed E-state index contributed by atoms with van der Waals surface area (Å²) >= 11 is 3.33. The number of nitrogens with two attached hydrogens (primary N) is 1. The third kappa shape index (κ3) is 3.07. The molecule has 0 spiro atoms. The van der Waals surface area contributed by atoms with Crippen molar-refractivity contribution in [1.29, 1.82) is 0 Å². The van der Waals surface area contributed by atoms with Crippen LogP contribution in [0.3, 0.4) is 0 Å². The van der Waals surface area contributed by atoms with Crippen molar-refractivity contribution in [3.63, 3.8) is 0 Å². The van der Waals surface area contributed by atoms with Crippen molar-refractivity contribution >= 4 is 15.9 Å². The van der Waals surface area contributed by atoms with E-state index in [2.05, 4.69) is 21.4 Å². The molecule has 112 valence electrons. The predicted molar refractivity (Wildman–Crippen MR) is 81.0 cm³/mol. The van der Waals surface area contributed by atoms with Crippen molar-refractivity contribution < 1.29 is 13.5 Å². The van der Waals surface area contributed by atoms with E-state index in [4.69, 9.17) is 10.6 Å². The molecule has 0 aliphatic rings. The van der Waals surface area contributed by atoms with Crippen molar-refractivity contribution in [2.24, 2.45) is 5.84 Å². The first-order chi connectivity index (χ1) is 9.99. The number of nitrogens with one attached hydrogen (secondary N) is 1. The molecular formula is C15H15BrF2N2O. The zero-order valence-electron chi connectivity index (χ0n) is 11.6. The van der Waals surface area contributed by atoms with Crippen molar-refractivity contribution in [3.8, 4) is 5.75 Å². The summed E-state index contributed by atoms with van der Waals surface area (Å²) in [6.07, 6.45) is 0. The number of methoxy groups -OCH3 is 1. The molecule has 0 fully saturated rings. The first-order valence-corrected chi connectivity index (χ1v) is 7.03. The van der Waals surface area contributed by atoms with Crippen molar-refractivity contribution in [2.75, 3.05) is 7.11 Å². The Bertz CT molecular complexity index is 664. The van der Waals surface area contributed by atoms with Gasteiger partial charge >= 0.3 is 0 Å². The summed E-state index contributed by atoms with van der Waals surface area (Å²) < 4.78 is 34.0. The van der Waals surface area contributed by atoms with E-state index in [-0.39, 0.29) is 11.1 Å². The number of hydrogen-bond acceptors (Lipinski definition) is 3. The van der Waals surface area contributed by atoms with Crippen LogP contribution in [0.2, 0.25) is 0 Å². The molecule has 0 saturated heterocycles. The molecule has 1 unspecified atom stereocenters. The smallest absolute Gasteiger partial charge is 0.164 e. The van der Waals surface area contributed by atoms with Gasteiger partial charge in [-0.3, -0.25) is 5.84 Å². The van der Waals surface area contributed by atoms with Gasteiger partial charge in [-0.1, -0.05) is 34.1 Å². The largest absolute Gasteiger partial charge is 0.496 e. The fraction of sp³-hybridized carbons (Fsp3) is 0.200. The van der Waals surface area contributed by atoms with E-state index in [1.54, 1.807) is 18.2 Å². The SMILES string of the molecule is COc1cc(Br)ccc1C(NN)c1ccc(C)c(F)c1F. The first-order valence-electron chi connectivity index (χ1n) is 6.23. The Kier molecular flexibility index (Phi) is 4.92. The minimum Gasteiger partial charge on any atom is -0.496 e. The van der Waals surface area contributed by atoms with Crippen LogP contribution in [-0.2, 0) is 0 Å². The molecule has 3 nitrogen and oxygen atoms in total. The lowest BCUT2D eigenvalue weighted by Crippen LogP contribution is -2.30. The molecule has 6 heteroatoms. The molecule has 2 aromatic rings. The average molecular weight is 357 g/mol. The fourth-order valence-electron chi connectivity index (χ4n) is 2.15. The number of benzene rings is 2. The Hall–Kier alpha value is -1.50. The van der Waals surface area contributed by atoms with E-state index in [0.717, 1.165) is 4.47 Å². The number of ether oxygens (including phenoxy) is 1. The number of rotatable bonds is 4. The van der Waals surface area contributed by atoms with Crippen LogP contribution in [0, 0.1) is 18.6 Å². The molecule has 0 aromatic heterocycles. The highest BCUT2D eigenvalue weighted by Gasteiger charge is 2.23. The topological polar surface area (TPSA) is 47.3 Å². The van der Waals surface area contributed by atoms with Gasteiger partial charge < -0.3 is 4.74 Å². The number of aryl methyl sites for hydroxylation is 1. The molecular weight excluding hydrogens is 342 g/mol. The molecule has 0 amide bonds. The summed E-state index contributed by atoms with van der Waals surface area (Å²) in [6.45, 7) is 1.51. The third-order valence-electron chi connectivity index (χ3n) is 3.29. The molecule has 0 radical (unpaired) electrons. The normalized spacial score (nSPS) is 12.3. The van der Waals surface area contributed by atoms with E-state index < -0.39 is 17.7 Å². The molecule has 0 aliphatic carbocycles. The lowest BCUT2D eigenvalue weighted by molar-refractivity contribution is 0.402. The predicted octanol–water partition coefficient (Wildman–Crippen LogP) is 3.60. The van der Waals surface area contributed by atoms with Crippen LogP contribution in [0.5, 0.6) is 5.75 Å². The van der Waals surface area contributed by atoms with Gasteiger partial charge in [0.2, 0.25) is 0 Å². The van der Waals surface area contributed by atoms with Gasteiger partial charge in [-0.15, -0.1) is 0 Å². The van der Waals surface area contributed by atoms with Crippen molar-refractivity contribution in [2.45, 2.75) is 13.0 Å². The van der Waals surface area contributed by atoms with Gasteiger partial charge in [-0.25, -0.2) is 14.2 Å². The summed E-state index contributed by atoms with van der Waals surface area (Å²) in [5.74, 6) is 4.28. The van der Waals surface area contributed by atoms with E-state index in [9.17, 15) is 8.78 Å². The summed E-state index contributed by atoms with van der Waals surface area (Å²) in [7, 11) is 1.50. The van der Waals surface area contributed by atoms with Crippen LogP contribution in [0.25, 0.3) is 0 Å². The van der Waals surface area contributed by atoms with E-state index in [1.807, 2.05) is 0 Å². The van der Waals surface area contributed by atoms with Gasteiger partial charge in [-0.05, 0) is 24.6 Å². The van der Waals surface area contributed by atoms with Gasteiger partial charge in [-0.2, -0.15) is 0 Å². The highest BCUT2D eigenvalue weighted by atomic mass is 79.9. The monoisotopic (exact) mass is 356 g/mol. The Morgan fingerprint density at radius 2 is 1.81 bits per heavy atom. The lowest BCUT2D eigenvalue weighted by Gasteiger charge is -2.21. The minimum atomic E-state index is -0.914. The third-order valence-corrected chi connectivity index (χ3v) is 3.78. The quantitative estimate of drug-likeness (QED) is 0.649. The highest BCUT2D eigenvalue weighted by Crippen LogP contribution is 2.33. The molecule has 0 bridgehead atoms. The first kappa shape index (κ1) is 15.9. The second kappa shape index (κ2) is 6.51. The van der Waals surface area contributed by atoms with E-state index in [0.29, 0.717) is 11.3 Å². The standard InChI is InChI=1S/C15H15BrF2N2O/c1-8-3-5-11(14(18)13(8)17)15(20-19)10-6-4-9(16)7-12(10)21-2/h3-7,15,20H,19H2,1-2H3. The maximum atomic E-state index is 14.2. The Morgan fingerprint density at radius 3 is 2.43 bits per heavy atom. The molecule has 0 aliphatic heterocycles. The zero-order valence-corrected chi connectivity index (χ0v) is 13.2. The van der Waals surface area contributed by atoms with Gasteiger partial charge in [0.25, 0.3) is 0 Å². The maximum Gasteiger partial charge on any atom is 0.164 e. The minimum absolute atomic E-state index is 0.126. The molecule has 0 saturated carbocycles. The van der Waals surface area contributed by atoms with Gasteiger partial charge in [0.15, 0.2) is 11.6 Å². The number of hydrazine groups is 1. The maximum absolute atomic E-state index is 14.2. The Labute approximate surface area is 130 Å². The Morgan fingerprint density at radius 1 is 1.14 bits per heavy atom. The highest BCUT2D eigenvalue weighted by molar-refractivity contribution is 9.10. The van der Waals surface area contributed by atoms with Crippen LogP contribution in [0.4, 0.5) is 8.78 Å². The van der Waals surface area contributed by atoms with Crippen LogP contribution >= 0.6 is 15.9 Å². The molecule has 2 rings (SSSR count). The van der Waals surface area contributed by atoms with Crippen LogP contribution in [-0.4, -0.2) is 7.11 Å². The van der Waals surface area contributed by atoms with Gasteiger partial charge in [0.05, 0.1) is 13.2 Å². The van der Waals surface area contributed by atoms with Gasteiger partial charge in [0.1, 0.15) is 5.75 Å². The summed E-state index contributed by atoms with van der Waals surface area (Å²) in [6, 6.07) is 7.57. The van der Waals surface area contributed by atoms with Crippen LogP contribution < -0.4 is 16.0 Å². The fourth-order valence-corrected chi connectivity index (χ4v) is 2.49. The second-order valence-electron chi connectivity index (χ2n) is 4.59. The molecule has 0 heterocycles. The number of hydrogen-bond donors (Lipinski definition) is 2.